The van der Waals surface area contributed by atoms with Gasteiger partial charge in [-0.05, 0) is 0 Å². The van der Waals surface area contributed by atoms with E-state index in [0.717, 1.165) is 0 Å². The minimum Gasteiger partial charge on any atom is -0.480 e. The topological polar surface area (TPSA) is 122 Å². The number of thiol groups is 2. The van der Waals surface area contributed by atoms with Crippen molar-refractivity contribution in [2.24, 2.45) is 5.73 Å². The van der Waals surface area contributed by atoms with Crippen LogP contribution in [0.15, 0.2) is 0 Å². The summed E-state index contributed by atoms with van der Waals surface area (Å²) in [6.07, 6.45) is 0. The molecule has 9 heteroatoms. The summed E-state index contributed by atoms with van der Waals surface area (Å²) in [5.74, 6) is -2.15. The lowest BCUT2D eigenvalue weighted by atomic mass is 10.2. The second-order valence-corrected chi connectivity index (χ2v) is 3.87. The van der Waals surface area contributed by atoms with E-state index >= 15 is 0 Å². The SMILES string of the molecule is N[C@@H](CS)C(=O)N[C@@H](CS)C(=O)NCC(=O)O. The largest absolute Gasteiger partial charge is 0.480 e. The highest BCUT2D eigenvalue weighted by molar-refractivity contribution is 7.80. The summed E-state index contributed by atoms with van der Waals surface area (Å²) in [4.78, 5) is 33.0. The molecule has 0 rings (SSSR count). The Morgan fingerprint density at radius 1 is 1.18 bits per heavy atom. The number of rotatable bonds is 7. The van der Waals surface area contributed by atoms with Crippen LogP contribution in [0.5, 0.6) is 0 Å². The molecule has 2 amide bonds. The molecule has 0 fully saturated rings. The lowest BCUT2D eigenvalue weighted by Gasteiger charge is -2.17. The predicted molar refractivity (Wildman–Crippen MR) is 68.3 cm³/mol. The zero-order chi connectivity index (χ0) is 13.4. The van der Waals surface area contributed by atoms with Crippen molar-refractivity contribution < 1.29 is 19.5 Å². The van der Waals surface area contributed by atoms with Crippen molar-refractivity contribution >= 4 is 43.0 Å². The van der Waals surface area contributed by atoms with Crippen LogP contribution in [0.25, 0.3) is 0 Å². The summed E-state index contributed by atoms with van der Waals surface area (Å²) in [6, 6.07) is -1.75. The summed E-state index contributed by atoms with van der Waals surface area (Å²) in [5, 5.41) is 12.9. The molecule has 98 valence electrons. The fourth-order valence-electron chi connectivity index (χ4n) is 0.842. The first-order valence-electron chi connectivity index (χ1n) is 4.69. The third-order valence-electron chi connectivity index (χ3n) is 1.76. The Morgan fingerprint density at radius 3 is 2.18 bits per heavy atom. The molecule has 0 heterocycles. The molecule has 0 unspecified atom stereocenters. The van der Waals surface area contributed by atoms with Crippen molar-refractivity contribution in [3.63, 3.8) is 0 Å². The van der Waals surface area contributed by atoms with Crippen molar-refractivity contribution in [3.8, 4) is 0 Å². The first kappa shape index (κ1) is 16.1. The molecule has 2 atom stereocenters. The standard InChI is InChI=1S/C8H15N3O4S2/c9-4(2-16)7(14)11-5(3-17)8(15)10-1-6(12)13/h4-5,16-17H,1-3,9H2,(H,10,15)(H,11,14)(H,12,13)/t4-,5-/m0/s1. The second kappa shape index (κ2) is 8.20. The molecule has 17 heavy (non-hydrogen) atoms. The van der Waals surface area contributed by atoms with E-state index in [0.29, 0.717) is 0 Å². The highest BCUT2D eigenvalue weighted by Gasteiger charge is 2.22. The number of carbonyl (C=O) groups is 3. The van der Waals surface area contributed by atoms with Crippen LogP contribution in [0.2, 0.25) is 0 Å². The maximum absolute atomic E-state index is 11.4. The molecule has 0 aliphatic heterocycles. The molecule has 5 N–H and O–H groups in total. The van der Waals surface area contributed by atoms with Crippen LogP contribution in [0.3, 0.4) is 0 Å². The molecule has 0 spiro atoms. The summed E-state index contributed by atoms with van der Waals surface area (Å²) in [6.45, 7) is -0.516. The van der Waals surface area contributed by atoms with Crippen molar-refractivity contribution in [1.82, 2.24) is 10.6 Å². The molecule has 0 saturated heterocycles. The summed E-state index contributed by atoms with van der Waals surface area (Å²) >= 11 is 7.73. The Labute approximate surface area is 109 Å². The number of hydrogen-bond acceptors (Lipinski definition) is 6. The van der Waals surface area contributed by atoms with Gasteiger partial charge in [-0.25, -0.2) is 0 Å². The third-order valence-corrected chi connectivity index (χ3v) is 2.52. The molecule has 0 radical (unpaired) electrons. The number of amides is 2. The van der Waals surface area contributed by atoms with Crippen LogP contribution in [0.4, 0.5) is 0 Å². The van der Waals surface area contributed by atoms with Gasteiger partial charge in [0.05, 0.1) is 6.04 Å². The molecular formula is C8H15N3O4S2. The van der Waals surface area contributed by atoms with E-state index < -0.39 is 36.4 Å². The normalized spacial score (nSPS) is 13.6. The highest BCUT2D eigenvalue weighted by Crippen LogP contribution is 1.91. The van der Waals surface area contributed by atoms with Crippen molar-refractivity contribution in [2.75, 3.05) is 18.1 Å². The van der Waals surface area contributed by atoms with Crippen LogP contribution in [0, 0.1) is 0 Å². The number of hydrogen-bond donors (Lipinski definition) is 6. The van der Waals surface area contributed by atoms with E-state index in [2.05, 4.69) is 35.9 Å². The van der Waals surface area contributed by atoms with Gasteiger partial charge in [0.2, 0.25) is 11.8 Å². The minimum absolute atomic E-state index is 0.0382. The molecule has 0 aliphatic rings. The summed E-state index contributed by atoms with van der Waals surface area (Å²) in [5.41, 5.74) is 5.40. The van der Waals surface area contributed by atoms with Gasteiger partial charge in [-0.1, -0.05) is 0 Å². The van der Waals surface area contributed by atoms with E-state index in [1.54, 1.807) is 0 Å². The first-order chi connectivity index (χ1) is 7.92. The highest BCUT2D eigenvalue weighted by atomic mass is 32.1. The zero-order valence-corrected chi connectivity index (χ0v) is 10.7. The number of carboxylic acids is 1. The van der Waals surface area contributed by atoms with Crippen LogP contribution >= 0.6 is 25.3 Å². The minimum atomic E-state index is -1.17. The first-order valence-corrected chi connectivity index (χ1v) is 5.96. The van der Waals surface area contributed by atoms with Crippen molar-refractivity contribution in [3.05, 3.63) is 0 Å². The van der Waals surface area contributed by atoms with Gasteiger partial charge in [0, 0.05) is 11.5 Å². The Balaban J connectivity index is 4.27. The van der Waals surface area contributed by atoms with Gasteiger partial charge in [0.1, 0.15) is 12.6 Å². The fraction of sp³-hybridized carbons (Fsp3) is 0.625. The zero-order valence-electron chi connectivity index (χ0n) is 8.92. The molecule has 7 nitrogen and oxygen atoms in total. The summed E-state index contributed by atoms with van der Waals surface area (Å²) < 4.78 is 0. The smallest absolute Gasteiger partial charge is 0.322 e. The fourth-order valence-corrected chi connectivity index (χ4v) is 1.26. The molecular weight excluding hydrogens is 266 g/mol. The molecule has 0 aliphatic carbocycles. The molecule has 0 aromatic carbocycles. The van der Waals surface area contributed by atoms with Gasteiger partial charge >= 0.3 is 5.97 Å². The van der Waals surface area contributed by atoms with E-state index in [1.165, 1.54) is 0 Å². The van der Waals surface area contributed by atoms with Gasteiger partial charge in [-0.2, -0.15) is 25.3 Å². The Bertz CT molecular complexity index is 300. The lowest BCUT2D eigenvalue weighted by Crippen LogP contribution is -2.53. The van der Waals surface area contributed by atoms with E-state index in [9.17, 15) is 14.4 Å². The quantitative estimate of drug-likeness (QED) is 0.297. The van der Waals surface area contributed by atoms with Gasteiger partial charge in [0.25, 0.3) is 0 Å². The Kier molecular flexibility index (Phi) is 7.75. The van der Waals surface area contributed by atoms with E-state index in [1.807, 2.05) is 0 Å². The van der Waals surface area contributed by atoms with Gasteiger partial charge in [-0.15, -0.1) is 0 Å². The van der Waals surface area contributed by atoms with Crippen LogP contribution in [-0.4, -0.2) is 53.0 Å². The molecule has 0 bridgehead atoms. The monoisotopic (exact) mass is 281 g/mol. The van der Waals surface area contributed by atoms with E-state index in [4.69, 9.17) is 10.8 Å². The molecule has 0 aromatic heterocycles. The Morgan fingerprint density at radius 2 is 1.76 bits per heavy atom. The number of carboxylic acid groups (broad SMARTS) is 1. The number of nitrogens with two attached hydrogens (primary N) is 1. The third kappa shape index (κ3) is 6.39. The van der Waals surface area contributed by atoms with Gasteiger partial charge < -0.3 is 21.5 Å². The van der Waals surface area contributed by atoms with Gasteiger partial charge in [-0.3, -0.25) is 14.4 Å². The lowest BCUT2D eigenvalue weighted by molar-refractivity contribution is -0.138. The molecule has 0 saturated carbocycles. The number of aliphatic carboxylic acids is 1. The maximum Gasteiger partial charge on any atom is 0.322 e. The van der Waals surface area contributed by atoms with Crippen LogP contribution in [0.1, 0.15) is 0 Å². The number of nitrogens with one attached hydrogen (secondary N) is 2. The predicted octanol–water partition coefficient (Wildman–Crippen LogP) is -2.14. The van der Waals surface area contributed by atoms with Crippen LogP contribution in [-0.2, 0) is 14.4 Å². The number of carbonyl (C=O) groups excluding carboxylic acids is 2. The average molecular weight is 281 g/mol. The molecule has 0 aromatic rings. The second-order valence-electron chi connectivity index (χ2n) is 3.14. The average Bonchev–Trinajstić information content (AvgIpc) is 2.31. The van der Waals surface area contributed by atoms with Crippen molar-refractivity contribution in [2.45, 2.75) is 12.1 Å². The van der Waals surface area contributed by atoms with E-state index in [-0.39, 0.29) is 11.5 Å². The van der Waals surface area contributed by atoms with Crippen molar-refractivity contribution in [1.29, 1.82) is 0 Å². The maximum atomic E-state index is 11.4. The summed E-state index contributed by atoms with van der Waals surface area (Å²) in [7, 11) is 0. The van der Waals surface area contributed by atoms with Gasteiger partial charge in [0.15, 0.2) is 0 Å². The van der Waals surface area contributed by atoms with Crippen LogP contribution < -0.4 is 16.4 Å². The Hall–Kier alpha value is -0.930.